The number of carbonyl (C=O) groups is 1. The quantitative estimate of drug-likeness (QED) is 0.705. The summed E-state index contributed by atoms with van der Waals surface area (Å²) in [6.45, 7) is 4.79. The Kier molecular flexibility index (Phi) is 7.69. The number of ether oxygens (including phenoxy) is 1. The van der Waals surface area contributed by atoms with Crippen molar-refractivity contribution in [1.82, 2.24) is 15.5 Å². The van der Waals surface area contributed by atoms with Crippen molar-refractivity contribution in [2.24, 2.45) is 0 Å². The molecule has 3 rings (SSSR count). The Morgan fingerprint density at radius 3 is 2.37 bits per heavy atom. The number of nitrogens with zero attached hydrogens (tertiary/aromatic N) is 1. The van der Waals surface area contributed by atoms with E-state index in [1.807, 2.05) is 36.4 Å². The van der Waals surface area contributed by atoms with Crippen LogP contribution in [0.4, 0.5) is 4.79 Å². The highest BCUT2D eigenvalue weighted by Crippen LogP contribution is 2.15. The van der Waals surface area contributed by atoms with Gasteiger partial charge in [-0.25, -0.2) is 4.79 Å². The molecule has 1 aliphatic rings. The molecule has 2 N–H and O–H groups in total. The molecular weight excluding hydrogens is 338 g/mol. The molecule has 2 aromatic rings. The SMILES string of the molecule is O=C(NCCCc1ccccc1)NC(CN1CCOCC1)c1ccccc1. The number of carbonyl (C=O) groups excluding carboxylic acids is 1. The van der Waals surface area contributed by atoms with Crippen molar-refractivity contribution >= 4 is 6.03 Å². The maximum atomic E-state index is 12.4. The standard InChI is InChI=1S/C22H29N3O2/c26-22(23-13-7-10-19-8-3-1-4-9-19)24-21(20-11-5-2-6-12-20)18-25-14-16-27-17-15-25/h1-6,8-9,11-12,21H,7,10,13-18H2,(H2,23,24,26). The van der Waals surface area contributed by atoms with Crippen LogP contribution in [0.2, 0.25) is 0 Å². The molecule has 2 amide bonds. The third-order valence-corrected chi connectivity index (χ3v) is 4.82. The highest BCUT2D eigenvalue weighted by atomic mass is 16.5. The van der Waals surface area contributed by atoms with Gasteiger partial charge in [0.1, 0.15) is 0 Å². The molecule has 1 atom stereocenters. The lowest BCUT2D eigenvalue weighted by atomic mass is 10.1. The third kappa shape index (κ3) is 6.70. The van der Waals surface area contributed by atoms with Crippen LogP contribution < -0.4 is 10.6 Å². The van der Waals surface area contributed by atoms with Crippen LogP contribution in [0, 0.1) is 0 Å². The summed E-state index contributed by atoms with van der Waals surface area (Å²) in [7, 11) is 0. The monoisotopic (exact) mass is 367 g/mol. The Bertz CT molecular complexity index is 672. The van der Waals surface area contributed by atoms with Gasteiger partial charge in [0.25, 0.3) is 0 Å². The Morgan fingerprint density at radius 1 is 1.00 bits per heavy atom. The minimum atomic E-state index is -0.106. The number of nitrogens with one attached hydrogen (secondary N) is 2. The van der Waals surface area contributed by atoms with Gasteiger partial charge in [-0.3, -0.25) is 4.90 Å². The van der Waals surface area contributed by atoms with Crippen molar-refractivity contribution in [3.8, 4) is 0 Å². The van der Waals surface area contributed by atoms with Crippen LogP contribution in [-0.4, -0.2) is 50.3 Å². The number of aryl methyl sites for hydroxylation is 1. The van der Waals surface area contributed by atoms with Gasteiger partial charge < -0.3 is 15.4 Å². The molecule has 5 nitrogen and oxygen atoms in total. The molecule has 1 heterocycles. The van der Waals surface area contributed by atoms with E-state index in [-0.39, 0.29) is 12.1 Å². The van der Waals surface area contributed by atoms with E-state index < -0.39 is 0 Å². The summed E-state index contributed by atoms with van der Waals surface area (Å²) in [5.74, 6) is 0. The van der Waals surface area contributed by atoms with E-state index in [4.69, 9.17) is 4.74 Å². The van der Waals surface area contributed by atoms with Crippen LogP contribution in [0.5, 0.6) is 0 Å². The van der Waals surface area contributed by atoms with Gasteiger partial charge in [0.05, 0.1) is 19.3 Å². The second kappa shape index (κ2) is 10.7. The van der Waals surface area contributed by atoms with Crippen LogP contribution in [0.1, 0.15) is 23.6 Å². The molecule has 1 unspecified atom stereocenters. The van der Waals surface area contributed by atoms with Gasteiger partial charge in [-0.15, -0.1) is 0 Å². The maximum absolute atomic E-state index is 12.4. The van der Waals surface area contributed by atoms with Crippen LogP contribution in [0.25, 0.3) is 0 Å². The van der Waals surface area contributed by atoms with Gasteiger partial charge in [-0.1, -0.05) is 60.7 Å². The zero-order valence-corrected chi connectivity index (χ0v) is 15.8. The normalized spacial score (nSPS) is 15.9. The molecule has 0 bridgehead atoms. The van der Waals surface area contributed by atoms with Crippen molar-refractivity contribution in [2.75, 3.05) is 39.4 Å². The van der Waals surface area contributed by atoms with Crippen molar-refractivity contribution in [2.45, 2.75) is 18.9 Å². The number of hydrogen-bond acceptors (Lipinski definition) is 3. The first-order chi connectivity index (χ1) is 13.3. The van der Waals surface area contributed by atoms with E-state index in [0.717, 1.165) is 51.3 Å². The smallest absolute Gasteiger partial charge is 0.315 e. The number of hydrogen-bond donors (Lipinski definition) is 2. The predicted octanol–water partition coefficient (Wildman–Crippen LogP) is 2.99. The highest BCUT2D eigenvalue weighted by Gasteiger charge is 2.19. The van der Waals surface area contributed by atoms with E-state index in [1.165, 1.54) is 5.56 Å². The van der Waals surface area contributed by atoms with E-state index in [1.54, 1.807) is 0 Å². The molecule has 0 aromatic heterocycles. The molecule has 1 aliphatic heterocycles. The van der Waals surface area contributed by atoms with Crippen molar-refractivity contribution < 1.29 is 9.53 Å². The minimum Gasteiger partial charge on any atom is -0.379 e. The van der Waals surface area contributed by atoms with Gasteiger partial charge in [-0.05, 0) is 24.0 Å². The number of morpholine rings is 1. The first kappa shape index (κ1) is 19.4. The van der Waals surface area contributed by atoms with Gasteiger partial charge in [0.2, 0.25) is 0 Å². The molecule has 1 saturated heterocycles. The molecule has 0 aliphatic carbocycles. The first-order valence-corrected chi connectivity index (χ1v) is 9.74. The van der Waals surface area contributed by atoms with Crippen molar-refractivity contribution in [3.63, 3.8) is 0 Å². The molecule has 1 fully saturated rings. The lowest BCUT2D eigenvalue weighted by Crippen LogP contribution is -2.45. The number of benzene rings is 2. The van der Waals surface area contributed by atoms with Crippen molar-refractivity contribution in [1.29, 1.82) is 0 Å². The fourth-order valence-corrected chi connectivity index (χ4v) is 3.31. The van der Waals surface area contributed by atoms with E-state index >= 15 is 0 Å². The van der Waals surface area contributed by atoms with Gasteiger partial charge in [0, 0.05) is 26.2 Å². The summed E-state index contributed by atoms with van der Waals surface area (Å²) in [6, 6.07) is 20.4. The molecule has 0 saturated carbocycles. The van der Waals surface area contributed by atoms with E-state index in [9.17, 15) is 4.79 Å². The summed E-state index contributed by atoms with van der Waals surface area (Å²) < 4.78 is 5.43. The average molecular weight is 367 g/mol. The summed E-state index contributed by atoms with van der Waals surface area (Å²) in [5.41, 5.74) is 2.43. The third-order valence-electron chi connectivity index (χ3n) is 4.82. The zero-order chi connectivity index (χ0) is 18.7. The van der Waals surface area contributed by atoms with Crippen LogP contribution >= 0.6 is 0 Å². The highest BCUT2D eigenvalue weighted by molar-refractivity contribution is 5.74. The van der Waals surface area contributed by atoms with E-state index in [2.05, 4.69) is 39.8 Å². The summed E-state index contributed by atoms with van der Waals surface area (Å²) >= 11 is 0. The van der Waals surface area contributed by atoms with Crippen LogP contribution in [-0.2, 0) is 11.2 Å². The number of rotatable bonds is 8. The molecule has 0 radical (unpaired) electrons. The Morgan fingerprint density at radius 2 is 1.67 bits per heavy atom. The lowest BCUT2D eigenvalue weighted by Gasteiger charge is -2.31. The molecule has 27 heavy (non-hydrogen) atoms. The Hall–Kier alpha value is -2.37. The average Bonchev–Trinajstić information content (AvgIpc) is 2.73. The molecule has 144 valence electrons. The number of amides is 2. The zero-order valence-electron chi connectivity index (χ0n) is 15.8. The first-order valence-electron chi connectivity index (χ1n) is 9.74. The van der Waals surface area contributed by atoms with E-state index in [0.29, 0.717) is 6.54 Å². The Labute approximate surface area is 161 Å². The number of urea groups is 1. The maximum Gasteiger partial charge on any atom is 0.315 e. The summed E-state index contributed by atoms with van der Waals surface area (Å²) in [4.78, 5) is 14.8. The van der Waals surface area contributed by atoms with Crippen molar-refractivity contribution in [3.05, 3.63) is 71.8 Å². The Balaban J connectivity index is 1.47. The summed E-state index contributed by atoms with van der Waals surface area (Å²) in [6.07, 6.45) is 1.90. The van der Waals surface area contributed by atoms with Crippen LogP contribution in [0.15, 0.2) is 60.7 Å². The van der Waals surface area contributed by atoms with Gasteiger partial charge >= 0.3 is 6.03 Å². The molecule has 0 spiro atoms. The predicted molar refractivity (Wildman–Crippen MR) is 108 cm³/mol. The fraction of sp³-hybridized carbons (Fsp3) is 0.409. The topological polar surface area (TPSA) is 53.6 Å². The second-order valence-electron chi connectivity index (χ2n) is 6.87. The largest absolute Gasteiger partial charge is 0.379 e. The van der Waals surface area contributed by atoms with Gasteiger partial charge in [-0.2, -0.15) is 0 Å². The fourth-order valence-electron chi connectivity index (χ4n) is 3.31. The van der Waals surface area contributed by atoms with Gasteiger partial charge in [0.15, 0.2) is 0 Å². The molecular formula is C22H29N3O2. The molecule has 2 aromatic carbocycles. The second-order valence-corrected chi connectivity index (χ2v) is 6.87. The minimum absolute atomic E-state index is 0.0292. The lowest BCUT2D eigenvalue weighted by molar-refractivity contribution is 0.0340. The van der Waals surface area contributed by atoms with Crippen LogP contribution in [0.3, 0.4) is 0 Å². The summed E-state index contributed by atoms with van der Waals surface area (Å²) in [5, 5.41) is 6.14. The molecule has 5 heteroatoms.